The summed E-state index contributed by atoms with van der Waals surface area (Å²) in [6.07, 6.45) is 0. The lowest BCUT2D eigenvalue weighted by Gasteiger charge is -2.23. The Balaban J connectivity index is 1.87. The van der Waals surface area contributed by atoms with E-state index in [2.05, 4.69) is 4.98 Å². The van der Waals surface area contributed by atoms with Gasteiger partial charge in [0, 0.05) is 5.56 Å². The first-order chi connectivity index (χ1) is 17.3. The Morgan fingerprint density at radius 2 is 1.69 bits per heavy atom. The Kier molecular flexibility index (Phi) is 7.21. The number of amides is 1. The van der Waals surface area contributed by atoms with Crippen LogP contribution in [0.1, 0.15) is 51.9 Å². The first kappa shape index (κ1) is 25.1. The van der Waals surface area contributed by atoms with Crippen molar-refractivity contribution in [1.29, 1.82) is 0 Å². The monoisotopic (exact) mass is 506 g/mol. The number of aryl methyl sites for hydroxylation is 2. The first-order valence-electron chi connectivity index (χ1n) is 11.5. The number of aliphatic hydroxyl groups is 1. The van der Waals surface area contributed by atoms with E-state index < -0.39 is 23.7 Å². The zero-order valence-corrected chi connectivity index (χ0v) is 21.2. The third-order valence-electron chi connectivity index (χ3n) is 5.73. The summed E-state index contributed by atoms with van der Waals surface area (Å²) in [5.41, 5.74) is 2.33. The van der Waals surface area contributed by atoms with Crippen LogP contribution in [0.25, 0.3) is 5.76 Å². The number of hydrogen-bond donors (Lipinski definition) is 1. The Hall–Kier alpha value is -3.98. The van der Waals surface area contributed by atoms with Gasteiger partial charge in [-0.05, 0) is 57.5 Å². The number of carbonyl (C=O) groups is 3. The van der Waals surface area contributed by atoms with Gasteiger partial charge >= 0.3 is 11.9 Å². The molecular formula is C27H26N2O6S. The highest BCUT2D eigenvalue weighted by Crippen LogP contribution is 2.44. The van der Waals surface area contributed by atoms with Crippen molar-refractivity contribution in [3.8, 4) is 5.75 Å². The highest BCUT2D eigenvalue weighted by atomic mass is 32.1. The number of carbonyl (C=O) groups excluding carboxylic acids is 3. The molecule has 1 saturated heterocycles. The molecule has 0 unspecified atom stereocenters. The number of nitrogens with zero attached hydrogens (tertiary/aromatic N) is 2. The molecule has 0 spiro atoms. The van der Waals surface area contributed by atoms with E-state index in [1.807, 2.05) is 26.0 Å². The van der Waals surface area contributed by atoms with Crippen LogP contribution in [0.5, 0.6) is 5.75 Å². The quantitative estimate of drug-likeness (QED) is 0.209. The zero-order chi connectivity index (χ0) is 26.0. The Bertz CT molecular complexity index is 1340. The fraction of sp³-hybridized carbons (Fsp3) is 0.259. The summed E-state index contributed by atoms with van der Waals surface area (Å²) in [4.78, 5) is 44.9. The molecule has 1 amide bonds. The molecule has 1 atom stereocenters. The summed E-state index contributed by atoms with van der Waals surface area (Å²) < 4.78 is 10.6. The summed E-state index contributed by atoms with van der Waals surface area (Å²) in [5.74, 6) is -1.90. The number of ether oxygens (including phenoxy) is 2. The summed E-state index contributed by atoms with van der Waals surface area (Å²) in [5, 5.41) is 11.4. The second-order valence-electron chi connectivity index (χ2n) is 8.17. The van der Waals surface area contributed by atoms with E-state index in [9.17, 15) is 19.5 Å². The number of rotatable bonds is 7. The van der Waals surface area contributed by atoms with Gasteiger partial charge in [0.15, 0.2) is 5.13 Å². The molecular weight excluding hydrogens is 480 g/mol. The number of ketones is 1. The number of thiazole rings is 1. The Morgan fingerprint density at radius 3 is 2.31 bits per heavy atom. The van der Waals surface area contributed by atoms with Gasteiger partial charge in [0.05, 0.1) is 30.5 Å². The fourth-order valence-electron chi connectivity index (χ4n) is 4.00. The van der Waals surface area contributed by atoms with Gasteiger partial charge in [-0.25, -0.2) is 9.78 Å². The van der Waals surface area contributed by atoms with Gasteiger partial charge in [-0.1, -0.05) is 41.2 Å². The Labute approximate surface area is 212 Å². The predicted molar refractivity (Wildman–Crippen MR) is 136 cm³/mol. The fourth-order valence-corrected chi connectivity index (χ4v) is 4.98. The standard InChI is InChI=1S/C27H26N2O6S/c1-5-34-19-13-11-18(12-14-19)22(30)20-21(17-9-7-15(3)8-10-17)29(25(32)23(20)31)27-28-16(4)24(36-27)26(33)35-6-2/h7-14,21,30H,5-6H2,1-4H3/t21-/m0/s1. The van der Waals surface area contributed by atoms with Crippen LogP contribution in [0, 0.1) is 13.8 Å². The maximum Gasteiger partial charge on any atom is 0.350 e. The van der Waals surface area contributed by atoms with Crippen LogP contribution in [0.2, 0.25) is 0 Å². The van der Waals surface area contributed by atoms with Crippen molar-refractivity contribution in [1.82, 2.24) is 4.98 Å². The van der Waals surface area contributed by atoms with Crippen LogP contribution in [0.4, 0.5) is 5.13 Å². The maximum absolute atomic E-state index is 13.3. The second kappa shape index (κ2) is 10.3. The molecule has 8 nitrogen and oxygen atoms in total. The maximum atomic E-state index is 13.3. The minimum absolute atomic E-state index is 0.0569. The zero-order valence-electron chi connectivity index (χ0n) is 20.4. The van der Waals surface area contributed by atoms with Crippen molar-refractivity contribution in [3.63, 3.8) is 0 Å². The molecule has 1 N–H and O–H groups in total. The lowest BCUT2D eigenvalue weighted by Crippen LogP contribution is -2.29. The van der Waals surface area contributed by atoms with Crippen molar-refractivity contribution < 1.29 is 29.0 Å². The largest absolute Gasteiger partial charge is 0.507 e. The second-order valence-corrected chi connectivity index (χ2v) is 9.15. The smallest absolute Gasteiger partial charge is 0.350 e. The van der Waals surface area contributed by atoms with Crippen LogP contribution in [-0.2, 0) is 14.3 Å². The minimum Gasteiger partial charge on any atom is -0.507 e. The molecule has 2 aromatic carbocycles. The Morgan fingerprint density at radius 1 is 1.03 bits per heavy atom. The van der Waals surface area contributed by atoms with Gasteiger partial charge < -0.3 is 14.6 Å². The van der Waals surface area contributed by atoms with Crippen LogP contribution < -0.4 is 9.64 Å². The lowest BCUT2D eigenvalue weighted by atomic mass is 9.95. The summed E-state index contributed by atoms with van der Waals surface area (Å²) in [6.45, 7) is 7.82. The summed E-state index contributed by atoms with van der Waals surface area (Å²) in [6, 6.07) is 13.0. The van der Waals surface area contributed by atoms with Crippen molar-refractivity contribution in [3.05, 3.63) is 81.4 Å². The van der Waals surface area contributed by atoms with Gasteiger partial charge in [-0.15, -0.1) is 0 Å². The number of aliphatic hydroxyl groups excluding tert-OH is 1. The van der Waals surface area contributed by atoms with E-state index in [1.54, 1.807) is 50.2 Å². The highest BCUT2D eigenvalue weighted by molar-refractivity contribution is 7.17. The van der Waals surface area contributed by atoms with Crippen LogP contribution >= 0.6 is 11.3 Å². The average molecular weight is 507 g/mol. The van der Waals surface area contributed by atoms with Gasteiger partial charge in [0.25, 0.3) is 5.78 Å². The molecule has 1 aliphatic heterocycles. The first-order valence-corrected chi connectivity index (χ1v) is 12.3. The van der Waals surface area contributed by atoms with Gasteiger partial charge in [0.1, 0.15) is 16.4 Å². The lowest BCUT2D eigenvalue weighted by molar-refractivity contribution is -0.132. The third kappa shape index (κ3) is 4.61. The van der Waals surface area contributed by atoms with Gasteiger partial charge in [-0.2, -0.15) is 0 Å². The molecule has 36 heavy (non-hydrogen) atoms. The SMILES string of the molecule is CCOC(=O)c1sc(N2C(=O)C(=O)C(=C(O)c3ccc(OCC)cc3)[C@@H]2c2ccc(C)cc2)nc1C. The normalized spacial score (nSPS) is 16.9. The van der Waals surface area contributed by atoms with Crippen LogP contribution in [0.3, 0.4) is 0 Å². The van der Waals surface area contributed by atoms with E-state index in [0.29, 0.717) is 29.2 Å². The molecule has 1 aliphatic rings. The summed E-state index contributed by atoms with van der Waals surface area (Å²) in [7, 11) is 0. The number of esters is 1. The molecule has 4 rings (SSSR count). The average Bonchev–Trinajstić information content (AvgIpc) is 3.37. The number of Topliss-reactive ketones (excluding diaryl/α,β-unsaturated/α-hetero) is 1. The predicted octanol–water partition coefficient (Wildman–Crippen LogP) is 4.96. The number of aromatic nitrogens is 1. The van der Waals surface area contributed by atoms with Crippen LogP contribution in [0.15, 0.2) is 54.1 Å². The van der Waals surface area contributed by atoms with E-state index in [0.717, 1.165) is 16.9 Å². The molecule has 3 aromatic rings. The van der Waals surface area contributed by atoms with Crippen molar-refractivity contribution in [2.75, 3.05) is 18.1 Å². The van der Waals surface area contributed by atoms with E-state index in [-0.39, 0.29) is 27.9 Å². The van der Waals surface area contributed by atoms with Crippen molar-refractivity contribution in [2.45, 2.75) is 33.7 Å². The number of anilines is 1. The molecule has 1 aromatic heterocycles. The number of hydrogen-bond acceptors (Lipinski definition) is 8. The van der Waals surface area contributed by atoms with E-state index in [4.69, 9.17) is 9.47 Å². The van der Waals surface area contributed by atoms with E-state index in [1.165, 1.54) is 4.90 Å². The summed E-state index contributed by atoms with van der Waals surface area (Å²) >= 11 is 0.976. The molecule has 2 heterocycles. The van der Waals surface area contributed by atoms with Gasteiger partial charge in [-0.3, -0.25) is 14.5 Å². The highest BCUT2D eigenvalue weighted by Gasteiger charge is 2.48. The molecule has 1 fully saturated rings. The molecule has 186 valence electrons. The molecule has 0 aliphatic carbocycles. The van der Waals surface area contributed by atoms with E-state index >= 15 is 0 Å². The van der Waals surface area contributed by atoms with Crippen molar-refractivity contribution >= 4 is 39.9 Å². The van der Waals surface area contributed by atoms with Crippen LogP contribution in [-0.4, -0.2) is 41.0 Å². The molecule has 9 heteroatoms. The molecule has 0 radical (unpaired) electrons. The molecule has 0 bridgehead atoms. The van der Waals surface area contributed by atoms with Gasteiger partial charge in [0.2, 0.25) is 0 Å². The minimum atomic E-state index is -0.933. The van der Waals surface area contributed by atoms with Crippen molar-refractivity contribution in [2.24, 2.45) is 0 Å². The molecule has 0 saturated carbocycles. The third-order valence-corrected chi connectivity index (χ3v) is 6.87. The number of benzene rings is 2. The topological polar surface area (TPSA) is 106 Å².